The van der Waals surface area contributed by atoms with Crippen LogP contribution in [-0.2, 0) is 0 Å². The first-order valence-corrected chi connectivity index (χ1v) is 6.71. The third-order valence-electron chi connectivity index (χ3n) is 3.34. The van der Waals surface area contributed by atoms with Gasteiger partial charge in [-0.25, -0.2) is 0 Å². The zero-order chi connectivity index (χ0) is 14.7. The summed E-state index contributed by atoms with van der Waals surface area (Å²) in [5.41, 5.74) is 3.49. The molecule has 0 saturated heterocycles. The van der Waals surface area contributed by atoms with Crippen molar-refractivity contribution in [2.75, 3.05) is 11.4 Å². The van der Waals surface area contributed by atoms with E-state index in [1.807, 2.05) is 51.1 Å². The highest BCUT2D eigenvalue weighted by atomic mass is 16.3. The minimum Gasteiger partial charge on any atom is -0.508 e. The Morgan fingerprint density at radius 2 is 1.75 bits per heavy atom. The van der Waals surface area contributed by atoms with E-state index in [1.54, 1.807) is 17.0 Å². The first-order valence-electron chi connectivity index (χ1n) is 6.71. The van der Waals surface area contributed by atoms with E-state index in [4.69, 9.17) is 0 Å². The van der Waals surface area contributed by atoms with Gasteiger partial charge < -0.3 is 10.0 Å². The lowest BCUT2D eigenvalue weighted by Gasteiger charge is -2.23. The Morgan fingerprint density at radius 1 is 1.10 bits per heavy atom. The monoisotopic (exact) mass is 269 g/mol. The first kappa shape index (κ1) is 14.1. The van der Waals surface area contributed by atoms with Crippen LogP contribution in [0.5, 0.6) is 5.75 Å². The van der Waals surface area contributed by atoms with Gasteiger partial charge in [0, 0.05) is 18.2 Å². The molecule has 2 aromatic carbocycles. The smallest absolute Gasteiger partial charge is 0.258 e. The number of hydrogen-bond acceptors (Lipinski definition) is 2. The van der Waals surface area contributed by atoms with Crippen molar-refractivity contribution in [2.45, 2.75) is 20.8 Å². The number of anilines is 1. The van der Waals surface area contributed by atoms with Crippen molar-refractivity contribution in [3.63, 3.8) is 0 Å². The Bertz CT molecular complexity index is 617. The van der Waals surface area contributed by atoms with Crippen LogP contribution in [0, 0.1) is 13.8 Å². The number of carbonyl (C=O) groups is 1. The molecule has 0 spiro atoms. The molecule has 0 saturated carbocycles. The van der Waals surface area contributed by atoms with E-state index < -0.39 is 0 Å². The number of aryl methyl sites for hydroxylation is 2. The summed E-state index contributed by atoms with van der Waals surface area (Å²) in [6, 6.07) is 12.6. The van der Waals surface area contributed by atoms with E-state index in [9.17, 15) is 9.90 Å². The van der Waals surface area contributed by atoms with E-state index >= 15 is 0 Å². The number of benzene rings is 2. The third-order valence-corrected chi connectivity index (χ3v) is 3.34. The minimum atomic E-state index is -0.0544. The Hall–Kier alpha value is -2.29. The number of nitrogens with zero attached hydrogens (tertiary/aromatic N) is 1. The highest BCUT2D eigenvalue weighted by Gasteiger charge is 2.18. The molecule has 0 atom stereocenters. The minimum absolute atomic E-state index is 0.0544. The molecule has 0 aliphatic rings. The second kappa shape index (κ2) is 5.78. The number of aromatic hydroxyl groups is 1. The van der Waals surface area contributed by atoms with E-state index in [2.05, 4.69) is 0 Å². The topological polar surface area (TPSA) is 40.5 Å². The molecule has 20 heavy (non-hydrogen) atoms. The Labute approximate surface area is 119 Å². The Kier molecular flexibility index (Phi) is 4.08. The van der Waals surface area contributed by atoms with Crippen LogP contribution in [0.4, 0.5) is 5.69 Å². The van der Waals surface area contributed by atoms with Crippen LogP contribution in [0.2, 0.25) is 0 Å². The van der Waals surface area contributed by atoms with Gasteiger partial charge in [0.1, 0.15) is 5.75 Å². The normalized spacial score (nSPS) is 10.3. The highest BCUT2D eigenvalue weighted by Crippen LogP contribution is 2.26. The molecule has 0 radical (unpaired) electrons. The van der Waals surface area contributed by atoms with Gasteiger partial charge in [0.2, 0.25) is 0 Å². The molecular weight excluding hydrogens is 250 g/mol. The molecule has 0 bridgehead atoms. The standard InChI is InChI=1S/C17H19NO2/c1-4-18(16-11-15(19)10-7-13(16)3)17(20)14-8-5-12(2)6-9-14/h5-11,19H,4H2,1-3H3. The molecule has 1 amide bonds. The SMILES string of the molecule is CCN(C(=O)c1ccc(C)cc1)c1cc(O)ccc1C. The quantitative estimate of drug-likeness (QED) is 0.923. The molecular formula is C17H19NO2. The maximum Gasteiger partial charge on any atom is 0.258 e. The second-order valence-electron chi connectivity index (χ2n) is 4.89. The van der Waals surface area contributed by atoms with Crippen LogP contribution in [0.25, 0.3) is 0 Å². The Morgan fingerprint density at radius 3 is 2.35 bits per heavy atom. The largest absolute Gasteiger partial charge is 0.508 e. The summed E-state index contributed by atoms with van der Waals surface area (Å²) in [5.74, 6) is 0.113. The van der Waals surface area contributed by atoms with Crippen LogP contribution in [0.1, 0.15) is 28.4 Å². The Balaban J connectivity index is 2.39. The van der Waals surface area contributed by atoms with Gasteiger partial charge in [-0.2, -0.15) is 0 Å². The van der Waals surface area contributed by atoms with Crippen LogP contribution >= 0.6 is 0 Å². The summed E-state index contributed by atoms with van der Waals surface area (Å²) >= 11 is 0. The molecule has 0 fully saturated rings. The number of phenolic OH excluding ortho intramolecular Hbond substituents is 1. The van der Waals surface area contributed by atoms with Crippen LogP contribution in [-0.4, -0.2) is 17.6 Å². The van der Waals surface area contributed by atoms with Crippen molar-refractivity contribution >= 4 is 11.6 Å². The van der Waals surface area contributed by atoms with Gasteiger partial charge in [0.05, 0.1) is 5.69 Å². The molecule has 1 N–H and O–H groups in total. The highest BCUT2D eigenvalue weighted by molar-refractivity contribution is 6.06. The van der Waals surface area contributed by atoms with E-state index in [0.717, 1.165) is 16.8 Å². The summed E-state index contributed by atoms with van der Waals surface area (Å²) in [6.07, 6.45) is 0. The summed E-state index contributed by atoms with van der Waals surface area (Å²) in [5, 5.41) is 9.63. The average Bonchev–Trinajstić information content (AvgIpc) is 2.44. The second-order valence-corrected chi connectivity index (χ2v) is 4.89. The predicted octanol–water partition coefficient (Wildman–Crippen LogP) is 3.68. The number of phenols is 1. The molecule has 0 heterocycles. The van der Waals surface area contributed by atoms with Crippen LogP contribution in [0.15, 0.2) is 42.5 Å². The van der Waals surface area contributed by atoms with E-state index in [1.165, 1.54) is 0 Å². The van der Waals surface area contributed by atoms with Crippen molar-refractivity contribution in [1.82, 2.24) is 0 Å². The average molecular weight is 269 g/mol. The maximum absolute atomic E-state index is 12.6. The predicted molar refractivity (Wildman–Crippen MR) is 81.4 cm³/mol. The van der Waals surface area contributed by atoms with Crippen LogP contribution in [0.3, 0.4) is 0 Å². The first-order chi connectivity index (χ1) is 9.52. The van der Waals surface area contributed by atoms with E-state index in [-0.39, 0.29) is 11.7 Å². The number of rotatable bonds is 3. The fraction of sp³-hybridized carbons (Fsp3) is 0.235. The lowest BCUT2D eigenvalue weighted by Crippen LogP contribution is -2.31. The van der Waals surface area contributed by atoms with Crippen molar-refractivity contribution in [3.05, 3.63) is 59.2 Å². The third kappa shape index (κ3) is 2.82. The molecule has 0 aliphatic carbocycles. The zero-order valence-electron chi connectivity index (χ0n) is 12.1. The lowest BCUT2D eigenvalue weighted by atomic mass is 10.1. The number of carbonyl (C=O) groups excluding carboxylic acids is 1. The fourth-order valence-corrected chi connectivity index (χ4v) is 2.16. The van der Waals surface area contributed by atoms with Gasteiger partial charge in [-0.15, -0.1) is 0 Å². The number of hydrogen-bond donors (Lipinski definition) is 1. The van der Waals surface area contributed by atoms with Crippen molar-refractivity contribution < 1.29 is 9.90 Å². The summed E-state index contributed by atoms with van der Waals surface area (Å²) in [6.45, 7) is 6.40. The van der Waals surface area contributed by atoms with Gasteiger partial charge >= 0.3 is 0 Å². The summed E-state index contributed by atoms with van der Waals surface area (Å²) < 4.78 is 0. The van der Waals surface area contributed by atoms with Gasteiger partial charge in [0.25, 0.3) is 5.91 Å². The van der Waals surface area contributed by atoms with Gasteiger partial charge in [-0.3, -0.25) is 4.79 Å². The van der Waals surface area contributed by atoms with Crippen molar-refractivity contribution in [2.24, 2.45) is 0 Å². The van der Waals surface area contributed by atoms with Gasteiger partial charge in [-0.1, -0.05) is 23.8 Å². The fourth-order valence-electron chi connectivity index (χ4n) is 2.16. The molecule has 0 aromatic heterocycles. The summed E-state index contributed by atoms with van der Waals surface area (Å²) in [4.78, 5) is 14.3. The van der Waals surface area contributed by atoms with E-state index in [0.29, 0.717) is 12.1 Å². The molecule has 0 unspecified atom stereocenters. The van der Waals surface area contributed by atoms with Gasteiger partial charge in [-0.05, 0) is 44.5 Å². The van der Waals surface area contributed by atoms with Crippen molar-refractivity contribution in [3.8, 4) is 5.75 Å². The van der Waals surface area contributed by atoms with Gasteiger partial charge in [0.15, 0.2) is 0 Å². The molecule has 3 nitrogen and oxygen atoms in total. The molecule has 2 rings (SSSR count). The summed E-state index contributed by atoms with van der Waals surface area (Å²) in [7, 11) is 0. The molecule has 104 valence electrons. The van der Waals surface area contributed by atoms with Crippen LogP contribution < -0.4 is 4.90 Å². The van der Waals surface area contributed by atoms with Crippen molar-refractivity contribution in [1.29, 1.82) is 0 Å². The molecule has 2 aromatic rings. The molecule has 0 aliphatic heterocycles. The lowest BCUT2D eigenvalue weighted by molar-refractivity contribution is 0.0988. The zero-order valence-corrected chi connectivity index (χ0v) is 12.1. The maximum atomic E-state index is 12.6. The number of amides is 1. The molecule has 3 heteroatoms.